The van der Waals surface area contributed by atoms with Crippen molar-refractivity contribution in [2.24, 2.45) is 5.73 Å². The van der Waals surface area contributed by atoms with E-state index in [-0.39, 0.29) is 11.2 Å². The molecule has 0 unspecified atom stereocenters. The third-order valence-corrected chi connectivity index (χ3v) is 4.36. The Kier molecular flexibility index (Phi) is 3.65. The first-order valence-corrected chi connectivity index (χ1v) is 6.63. The van der Waals surface area contributed by atoms with Gasteiger partial charge in [0.2, 0.25) is 0 Å². The van der Waals surface area contributed by atoms with E-state index in [0.717, 1.165) is 35.7 Å². The minimum Gasteiger partial charge on any atom is -0.330 e. The first-order valence-electron chi connectivity index (χ1n) is 5.84. The van der Waals surface area contributed by atoms with Crippen molar-refractivity contribution in [1.29, 1.82) is 0 Å². The Morgan fingerprint density at radius 3 is 2.50 bits per heavy atom. The SMILES string of the molecule is NCC1(c2c(F)cccc2Br)CCCCC1. The molecule has 88 valence electrons. The molecule has 1 fully saturated rings. The molecule has 0 spiro atoms. The molecule has 0 radical (unpaired) electrons. The van der Waals surface area contributed by atoms with Crippen LogP contribution in [0.25, 0.3) is 0 Å². The summed E-state index contributed by atoms with van der Waals surface area (Å²) in [6.07, 6.45) is 5.55. The van der Waals surface area contributed by atoms with Crippen LogP contribution < -0.4 is 5.73 Å². The maximum Gasteiger partial charge on any atom is 0.128 e. The second-order valence-electron chi connectivity index (χ2n) is 4.64. The third kappa shape index (κ3) is 2.03. The zero-order valence-electron chi connectivity index (χ0n) is 9.31. The van der Waals surface area contributed by atoms with Gasteiger partial charge >= 0.3 is 0 Å². The van der Waals surface area contributed by atoms with Gasteiger partial charge in [-0.1, -0.05) is 41.3 Å². The molecule has 16 heavy (non-hydrogen) atoms. The van der Waals surface area contributed by atoms with Gasteiger partial charge < -0.3 is 5.73 Å². The molecule has 0 aromatic heterocycles. The molecular formula is C13H17BrFN. The van der Waals surface area contributed by atoms with E-state index < -0.39 is 0 Å². The third-order valence-electron chi connectivity index (χ3n) is 3.69. The zero-order chi connectivity index (χ0) is 11.6. The van der Waals surface area contributed by atoms with E-state index in [1.54, 1.807) is 6.07 Å². The fraction of sp³-hybridized carbons (Fsp3) is 0.538. The van der Waals surface area contributed by atoms with Gasteiger partial charge in [-0.25, -0.2) is 4.39 Å². The molecule has 1 aliphatic rings. The fourth-order valence-electron chi connectivity index (χ4n) is 2.79. The summed E-state index contributed by atoms with van der Waals surface area (Å²) >= 11 is 3.46. The van der Waals surface area contributed by atoms with E-state index in [9.17, 15) is 4.39 Å². The van der Waals surface area contributed by atoms with Crippen LogP contribution in [-0.2, 0) is 5.41 Å². The first kappa shape index (κ1) is 12.1. The van der Waals surface area contributed by atoms with Crippen molar-refractivity contribution in [3.63, 3.8) is 0 Å². The summed E-state index contributed by atoms with van der Waals surface area (Å²) < 4.78 is 14.8. The standard InChI is InChI=1S/C13H17BrFN/c14-10-5-4-6-11(15)12(10)13(9-16)7-2-1-3-8-13/h4-6H,1-3,7-9,16H2. The van der Waals surface area contributed by atoms with Crippen LogP contribution in [0.2, 0.25) is 0 Å². The summed E-state index contributed by atoms with van der Waals surface area (Å²) in [6.45, 7) is 0.534. The predicted octanol–water partition coefficient (Wildman–Crippen LogP) is 3.75. The Hall–Kier alpha value is -0.410. The van der Waals surface area contributed by atoms with Crippen molar-refractivity contribution < 1.29 is 4.39 Å². The fourth-order valence-corrected chi connectivity index (χ4v) is 3.55. The average Bonchev–Trinajstić information content (AvgIpc) is 2.30. The van der Waals surface area contributed by atoms with Crippen LogP contribution in [-0.4, -0.2) is 6.54 Å². The van der Waals surface area contributed by atoms with Gasteiger partial charge in [0.15, 0.2) is 0 Å². The van der Waals surface area contributed by atoms with Gasteiger partial charge in [-0.15, -0.1) is 0 Å². The van der Waals surface area contributed by atoms with Gasteiger partial charge in [0.25, 0.3) is 0 Å². The van der Waals surface area contributed by atoms with Gasteiger partial charge in [-0.3, -0.25) is 0 Å². The molecule has 0 amide bonds. The number of rotatable bonds is 2. The normalized spacial score (nSPS) is 19.7. The van der Waals surface area contributed by atoms with Crippen LogP contribution in [0.4, 0.5) is 4.39 Å². The van der Waals surface area contributed by atoms with Crippen molar-refractivity contribution in [1.82, 2.24) is 0 Å². The van der Waals surface area contributed by atoms with E-state index in [1.807, 2.05) is 6.07 Å². The van der Waals surface area contributed by atoms with E-state index in [4.69, 9.17) is 5.73 Å². The van der Waals surface area contributed by atoms with Crippen molar-refractivity contribution >= 4 is 15.9 Å². The molecule has 0 saturated heterocycles. The maximum atomic E-state index is 14.0. The summed E-state index contributed by atoms with van der Waals surface area (Å²) in [7, 11) is 0. The van der Waals surface area contributed by atoms with E-state index >= 15 is 0 Å². The topological polar surface area (TPSA) is 26.0 Å². The summed E-state index contributed by atoms with van der Waals surface area (Å²) in [5.41, 5.74) is 6.56. The van der Waals surface area contributed by atoms with Gasteiger partial charge in [0, 0.05) is 22.0 Å². The summed E-state index contributed by atoms with van der Waals surface area (Å²) in [5.74, 6) is -0.123. The predicted molar refractivity (Wildman–Crippen MR) is 67.9 cm³/mol. The van der Waals surface area contributed by atoms with Crippen LogP contribution >= 0.6 is 15.9 Å². The van der Waals surface area contributed by atoms with Gasteiger partial charge in [0.1, 0.15) is 5.82 Å². The summed E-state index contributed by atoms with van der Waals surface area (Å²) in [6, 6.07) is 5.17. The molecule has 0 heterocycles. The summed E-state index contributed by atoms with van der Waals surface area (Å²) in [5, 5.41) is 0. The Labute approximate surface area is 104 Å². The van der Waals surface area contributed by atoms with Crippen molar-refractivity contribution in [3.8, 4) is 0 Å². The van der Waals surface area contributed by atoms with E-state index in [1.165, 1.54) is 12.5 Å². The molecule has 1 aromatic rings. The second kappa shape index (κ2) is 4.84. The number of benzene rings is 1. The van der Waals surface area contributed by atoms with Crippen molar-refractivity contribution in [3.05, 3.63) is 34.1 Å². The van der Waals surface area contributed by atoms with Crippen LogP contribution in [0.5, 0.6) is 0 Å². The van der Waals surface area contributed by atoms with Gasteiger partial charge in [0.05, 0.1) is 0 Å². The molecule has 2 N–H and O–H groups in total. The molecule has 1 aliphatic carbocycles. The molecule has 2 rings (SSSR count). The highest BCUT2D eigenvalue weighted by atomic mass is 79.9. The Morgan fingerprint density at radius 1 is 1.25 bits per heavy atom. The second-order valence-corrected chi connectivity index (χ2v) is 5.50. The molecule has 0 atom stereocenters. The minimum absolute atomic E-state index is 0.123. The molecule has 1 aromatic carbocycles. The number of halogens is 2. The quantitative estimate of drug-likeness (QED) is 0.880. The van der Waals surface area contributed by atoms with Gasteiger partial charge in [-0.2, -0.15) is 0 Å². The first-order chi connectivity index (χ1) is 7.69. The highest BCUT2D eigenvalue weighted by Gasteiger charge is 2.36. The number of hydrogen-bond acceptors (Lipinski definition) is 1. The van der Waals surface area contributed by atoms with Gasteiger partial charge in [-0.05, 0) is 25.0 Å². The molecule has 0 bridgehead atoms. The van der Waals surface area contributed by atoms with Crippen molar-refractivity contribution in [2.45, 2.75) is 37.5 Å². The number of nitrogens with two attached hydrogens (primary N) is 1. The lowest BCUT2D eigenvalue weighted by Crippen LogP contribution is -2.38. The van der Waals surface area contributed by atoms with Crippen LogP contribution in [0, 0.1) is 5.82 Å². The number of hydrogen-bond donors (Lipinski definition) is 1. The van der Waals surface area contributed by atoms with Crippen molar-refractivity contribution in [2.75, 3.05) is 6.54 Å². The molecule has 3 heteroatoms. The lowest BCUT2D eigenvalue weighted by Gasteiger charge is -2.37. The molecular weight excluding hydrogens is 269 g/mol. The highest BCUT2D eigenvalue weighted by molar-refractivity contribution is 9.10. The lowest BCUT2D eigenvalue weighted by molar-refractivity contribution is 0.290. The zero-order valence-corrected chi connectivity index (χ0v) is 10.9. The molecule has 0 aliphatic heterocycles. The van der Waals surface area contributed by atoms with Crippen LogP contribution in [0.1, 0.15) is 37.7 Å². The van der Waals surface area contributed by atoms with E-state index in [0.29, 0.717) is 6.54 Å². The largest absolute Gasteiger partial charge is 0.330 e. The Morgan fingerprint density at radius 2 is 1.94 bits per heavy atom. The average molecular weight is 286 g/mol. The van der Waals surface area contributed by atoms with Crippen LogP contribution in [0.3, 0.4) is 0 Å². The highest BCUT2D eigenvalue weighted by Crippen LogP contribution is 2.42. The Balaban J connectivity index is 2.46. The summed E-state index contributed by atoms with van der Waals surface area (Å²) in [4.78, 5) is 0. The smallest absolute Gasteiger partial charge is 0.128 e. The molecule has 1 saturated carbocycles. The maximum absolute atomic E-state index is 14.0. The van der Waals surface area contributed by atoms with E-state index in [2.05, 4.69) is 15.9 Å². The molecule has 1 nitrogen and oxygen atoms in total. The lowest BCUT2D eigenvalue weighted by atomic mass is 9.69. The minimum atomic E-state index is -0.150. The Bertz CT molecular complexity index is 352. The monoisotopic (exact) mass is 285 g/mol. The van der Waals surface area contributed by atoms with Crippen LogP contribution in [0.15, 0.2) is 22.7 Å².